The molecule has 0 saturated carbocycles. The van der Waals surface area contributed by atoms with Crippen molar-refractivity contribution in [2.75, 3.05) is 39.6 Å². The van der Waals surface area contributed by atoms with E-state index in [0.717, 1.165) is 120 Å². The molecule has 0 radical (unpaired) electrons. The molecule has 0 fully saturated rings. The van der Waals surface area contributed by atoms with E-state index < -0.39 is 97.5 Å². The fraction of sp³-hybridized carbons (Fsp3) is 0.904. The summed E-state index contributed by atoms with van der Waals surface area (Å²) < 4.78 is 68.8. The zero-order chi connectivity index (χ0) is 75.1. The molecule has 0 aliphatic heterocycles. The number of aliphatic hydroxyl groups excluding tert-OH is 1. The largest absolute Gasteiger partial charge is 0.472 e. The summed E-state index contributed by atoms with van der Waals surface area (Å²) in [5.41, 5.74) is 0. The van der Waals surface area contributed by atoms with Gasteiger partial charge in [0.2, 0.25) is 0 Å². The maximum absolute atomic E-state index is 13.1. The van der Waals surface area contributed by atoms with E-state index in [2.05, 4.69) is 72.8 Å². The third-order valence-corrected chi connectivity index (χ3v) is 20.7. The zero-order valence-corrected chi connectivity index (χ0v) is 68.4. The first-order valence-electron chi connectivity index (χ1n) is 42.2. The lowest BCUT2D eigenvalue weighted by molar-refractivity contribution is -0.161. The molecule has 602 valence electrons. The zero-order valence-electron chi connectivity index (χ0n) is 66.6. The number of esters is 4. The van der Waals surface area contributed by atoms with Crippen LogP contribution in [0.3, 0.4) is 0 Å². The van der Waals surface area contributed by atoms with E-state index in [4.69, 9.17) is 37.0 Å². The van der Waals surface area contributed by atoms with Crippen molar-refractivity contribution in [1.29, 1.82) is 0 Å². The average Bonchev–Trinajstić information content (AvgIpc) is 0.906. The lowest BCUT2D eigenvalue weighted by Crippen LogP contribution is -2.30. The second kappa shape index (κ2) is 72.7. The van der Waals surface area contributed by atoms with Crippen LogP contribution in [0, 0.1) is 17.8 Å². The lowest BCUT2D eigenvalue weighted by atomic mass is 10.0. The summed E-state index contributed by atoms with van der Waals surface area (Å²) in [6.07, 6.45) is 64.6. The Bertz CT molecular complexity index is 2070. The molecule has 0 heterocycles. The van der Waals surface area contributed by atoms with Gasteiger partial charge in [-0.3, -0.25) is 37.3 Å². The molecule has 0 amide bonds. The summed E-state index contributed by atoms with van der Waals surface area (Å²) in [6.45, 7) is 11.9. The van der Waals surface area contributed by atoms with Crippen LogP contribution in [0.2, 0.25) is 0 Å². The summed E-state index contributed by atoms with van der Waals surface area (Å²) in [6, 6.07) is 0. The fourth-order valence-corrected chi connectivity index (χ4v) is 13.9. The van der Waals surface area contributed by atoms with E-state index in [1.165, 1.54) is 205 Å². The van der Waals surface area contributed by atoms with Crippen LogP contribution in [0.4, 0.5) is 0 Å². The molecule has 0 bridgehead atoms. The second-order valence-corrected chi connectivity index (χ2v) is 33.5. The summed E-state index contributed by atoms with van der Waals surface area (Å²) in [5.74, 6) is 0.202. The molecule has 5 atom stereocenters. The van der Waals surface area contributed by atoms with Crippen molar-refractivity contribution in [3.63, 3.8) is 0 Å². The predicted octanol–water partition coefficient (Wildman–Crippen LogP) is 24.5. The number of carbonyl (C=O) groups excluding carboxylic acids is 4. The third-order valence-electron chi connectivity index (χ3n) is 18.8. The number of ether oxygens (including phenoxy) is 4. The number of phosphoric ester groups is 2. The van der Waals surface area contributed by atoms with Crippen molar-refractivity contribution in [2.45, 2.75) is 426 Å². The Kier molecular flexibility index (Phi) is 71.0. The number of hydrogen-bond donors (Lipinski definition) is 3. The van der Waals surface area contributed by atoms with Crippen LogP contribution in [0.1, 0.15) is 408 Å². The normalized spacial score (nSPS) is 14.1. The molecular weight excluding hydrogens is 1330 g/mol. The second-order valence-electron chi connectivity index (χ2n) is 30.6. The molecule has 102 heavy (non-hydrogen) atoms. The minimum absolute atomic E-state index is 0.0846. The quantitative estimate of drug-likeness (QED) is 0.0169. The summed E-state index contributed by atoms with van der Waals surface area (Å²) in [4.78, 5) is 73.1. The fourth-order valence-electron chi connectivity index (χ4n) is 12.3. The van der Waals surface area contributed by atoms with Crippen LogP contribution < -0.4 is 0 Å². The maximum Gasteiger partial charge on any atom is 0.472 e. The first-order chi connectivity index (χ1) is 49.2. The third kappa shape index (κ3) is 75.8. The minimum atomic E-state index is -4.97. The van der Waals surface area contributed by atoms with E-state index in [-0.39, 0.29) is 25.7 Å². The highest BCUT2D eigenvalue weighted by molar-refractivity contribution is 7.47. The molecular formula is C83H158O17P2. The molecule has 19 heteroatoms. The van der Waals surface area contributed by atoms with Gasteiger partial charge in [0.1, 0.15) is 19.3 Å². The first kappa shape index (κ1) is 99.5. The van der Waals surface area contributed by atoms with Gasteiger partial charge in [-0.05, 0) is 69.1 Å². The summed E-state index contributed by atoms with van der Waals surface area (Å²) >= 11 is 0. The number of aliphatic hydroxyl groups is 1. The molecule has 0 aromatic heterocycles. The Balaban J connectivity index is 5.30. The van der Waals surface area contributed by atoms with Gasteiger partial charge in [0.05, 0.1) is 26.4 Å². The molecule has 2 unspecified atom stereocenters. The van der Waals surface area contributed by atoms with Crippen molar-refractivity contribution in [3.8, 4) is 0 Å². The predicted molar refractivity (Wildman–Crippen MR) is 418 cm³/mol. The van der Waals surface area contributed by atoms with Gasteiger partial charge in [-0.2, -0.15) is 0 Å². The highest BCUT2D eigenvalue weighted by atomic mass is 31.2. The molecule has 0 aliphatic carbocycles. The molecule has 0 aromatic rings. The lowest BCUT2D eigenvalue weighted by Gasteiger charge is -2.21. The van der Waals surface area contributed by atoms with Crippen LogP contribution in [0.5, 0.6) is 0 Å². The number of hydrogen-bond acceptors (Lipinski definition) is 15. The van der Waals surface area contributed by atoms with Crippen LogP contribution in [0.15, 0.2) is 24.3 Å². The monoisotopic (exact) mass is 1490 g/mol. The molecule has 0 aliphatic rings. The van der Waals surface area contributed by atoms with Crippen LogP contribution in [-0.4, -0.2) is 96.7 Å². The minimum Gasteiger partial charge on any atom is -0.462 e. The Morgan fingerprint density at radius 2 is 0.529 bits per heavy atom. The van der Waals surface area contributed by atoms with E-state index >= 15 is 0 Å². The SMILES string of the molecule is CCCCCC/C=C\C=C/CCCCCCCC(=O)O[C@H](COC(=O)CCCCCCCCCCCC(C)C)COP(=O)(O)OC[C@H](O)COP(=O)(O)OC[C@@H](COC(=O)CCCCCCCCCCCCCCCCC(C)C)OC(=O)CCCCCCCCCCCCCCCCCC(C)C. The Morgan fingerprint density at radius 1 is 0.304 bits per heavy atom. The molecule has 0 aromatic carbocycles. The van der Waals surface area contributed by atoms with Crippen molar-refractivity contribution < 1.29 is 80.2 Å². The first-order valence-corrected chi connectivity index (χ1v) is 45.2. The van der Waals surface area contributed by atoms with Gasteiger partial charge in [0.15, 0.2) is 12.2 Å². The van der Waals surface area contributed by atoms with Crippen LogP contribution in [0.25, 0.3) is 0 Å². The van der Waals surface area contributed by atoms with Crippen molar-refractivity contribution >= 4 is 39.5 Å². The van der Waals surface area contributed by atoms with Gasteiger partial charge in [-0.1, -0.05) is 355 Å². The maximum atomic E-state index is 13.1. The summed E-state index contributed by atoms with van der Waals surface area (Å²) in [7, 11) is -9.94. The molecule has 0 rings (SSSR count). The Labute approximate surface area is 624 Å². The Morgan fingerprint density at radius 3 is 0.794 bits per heavy atom. The van der Waals surface area contributed by atoms with Crippen molar-refractivity contribution in [2.24, 2.45) is 17.8 Å². The highest BCUT2D eigenvalue weighted by Gasteiger charge is 2.30. The number of phosphoric acid groups is 2. The van der Waals surface area contributed by atoms with Gasteiger partial charge in [-0.25, -0.2) is 9.13 Å². The average molecular weight is 1490 g/mol. The molecule has 0 saturated heterocycles. The van der Waals surface area contributed by atoms with Crippen molar-refractivity contribution in [1.82, 2.24) is 0 Å². The van der Waals surface area contributed by atoms with Gasteiger partial charge in [-0.15, -0.1) is 0 Å². The van der Waals surface area contributed by atoms with Crippen LogP contribution >= 0.6 is 15.6 Å². The van der Waals surface area contributed by atoms with Gasteiger partial charge in [0.25, 0.3) is 0 Å². The topological polar surface area (TPSA) is 237 Å². The highest BCUT2D eigenvalue weighted by Crippen LogP contribution is 2.45. The van der Waals surface area contributed by atoms with Gasteiger partial charge >= 0.3 is 39.5 Å². The van der Waals surface area contributed by atoms with Gasteiger partial charge in [0, 0.05) is 25.7 Å². The van der Waals surface area contributed by atoms with E-state index in [1.54, 1.807) is 0 Å². The van der Waals surface area contributed by atoms with E-state index in [9.17, 15) is 43.2 Å². The van der Waals surface area contributed by atoms with Gasteiger partial charge < -0.3 is 33.8 Å². The van der Waals surface area contributed by atoms with E-state index in [1.807, 2.05) is 0 Å². The number of carbonyl (C=O) groups is 4. The number of rotatable bonds is 79. The van der Waals surface area contributed by atoms with Crippen molar-refractivity contribution in [3.05, 3.63) is 24.3 Å². The Hall–Kier alpha value is -2.46. The molecule has 3 N–H and O–H groups in total. The van der Waals surface area contributed by atoms with Crippen LogP contribution in [-0.2, 0) is 65.4 Å². The standard InChI is InChI=1S/C83H158O17P2/c1-8-9-10-11-12-13-14-15-17-25-30-37-45-52-59-66-82(87)100-79(71-94-81(86)65-58-51-44-39-32-35-42-49-56-63-76(6)7)73-98-102(91,92)96-69-77(84)68-95-101(89,90)97-72-78(70-93-80(85)64-57-50-43-36-29-24-21-20-23-28-34-41-48-55-62-75(4)5)99-83(88)67-60-53-46-38-31-26-19-16-18-22-27-33-40-47-54-61-74(2)3/h13-15,17,74-79,84H,8-12,16,18-73H2,1-7H3,(H,89,90)(H,91,92)/b14-13-,17-15-/t77-,78-,79-/m1/s1. The van der Waals surface area contributed by atoms with E-state index in [0.29, 0.717) is 25.7 Å². The number of unbranched alkanes of at least 4 members (excludes halogenated alkanes) is 44. The number of allylic oxidation sites excluding steroid dienone is 4. The smallest absolute Gasteiger partial charge is 0.462 e. The molecule has 17 nitrogen and oxygen atoms in total. The summed E-state index contributed by atoms with van der Waals surface area (Å²) in [5, 5.41) is 10.7. The molecule has 0 spiro atoms.